The number of nitrogens with one attached hydrogen (secondary N) is 1. The summed E-state index contributed by atoms with van der Waals surface area (Å²) < 4.78 is 11.3. The summed E-state index contributed by atoms with van der Waals surface area (Å²) in [5, 5.41) is 0. The highest BCUT2D eigenvalue weighted by atomic mass is 16.5. The third-order valence-electron chi connectivity index (χ3n) is 5.68. The van der Waals surface area contributed by atoms with Crippen molar-refractivity contribution in [3.05, 3.63) is 59.7 Å². The zero-order valence-electron chi connectivity index (χ0n) is 17.1. The molecule has 0 saturated carbocycles. The van der Waals surface area contributed by atoms with Gasteiger partial charge in [-0.05, 0) is 55.9 Å². The summed E-state index contributed by atoms with van der Waals surface area (Å²) in [6, 6.07) is 16.2. The van der Waals surface area contributed by atoms with Crippen molar-refractivity contribution in [1.29, 1.82) is 0 Å². The Morgan fingerprint density at radius 2 is 1.82 bits per heavy atom. The van der Waals surface area contributed by atoms with Crippen molar-refractivity contribution < 1.29 is 19.2 Å². The maximum absolute atomic E-state index is 11.5. The minimum atomic E-state index is 0.0316. The van der Waals surface area contributed by atoms with Crippen LogP contribution in [0.1, 0.15) is 42.1 Å². The van der Waals surface area contributed by atoms with Crippen LogP contribution in [0.4, 0.5) is 0 Å². The van der Waals surface area contributed by atoms with Gasteiger partial charge in [0.1, 0.15) is 0 Å². The highest BCUT2D eigenvalue weighted by Crippen LogP contribution is 2.28. The fourth-order valence-corrected chi connectivity index (χ4v) is 4.00. The van der Waals surface area contributed by atoms with E-state index in [0.29, 0.717) is 23.7 Å². The Morgan fingerprint density at radius 3 is 2.50 bits per heavy atom. The number of Topliss-reactive ketones (excluding diaryl/α,β-unsaturated/α-hetero) is 1. The summed E-state index contributed by atoms with van der Waals surface area (Å²) in [4.78, 5) is 13.2. The topological polar surface area (TPSA) is 40.0 Å². The van der Waals surface area contributed by atoms with Crippen LogP contribution in [0.15, 0.2) is 48.5 Å². The van der Waals surface area contributed by atoms with Crippen LogP contribution in [0, 0.1) is 5.92 Å². The fourth-order valence-electron chi connectivity index (χ4n) is 4.00. The highest BCUT2D eigenvalue weighted by molar-refractivity contribution is 5.94. The van der Waals surface area contributed by atoms with Crippen molar-refractivity contribution in [2.24, 2.45) is 5.92 Å². The van der Waals surface area contributed by atoms with Gasteiger partial charge in [-0.1, -0.05) is 30.3 Å². The van der Waals surface area contributed by atoms with Gasteiger partial charge in [0.25, 0.3) is 0 Å². The van der Waals surface area contributed by atoms with Gasteiger partial charge in [-0.3, -0.25) is 4.79 Å². The van der Waals surface area contributed by atoms with Crippen LogP contribution in [0.25, 0.3) is 0 Å². The smallest absolute Gasteiger partial charge is 0.161 e. The highest BCUT2D eigenvalue weighted by Gasteiger charge is 2.22. The first kappa shape index (κ1) is 20.4. The van der Waals surface area contributed by atoms with Crippen LogP contribution in [-0.2, 0) is 6.42 Å². The number of hydrogen-bond acceptors (Lipinski definition) is 3. The van der Waals surface area contributed by atoms with Gasteiger partial charge in [-0.15, -0.1) is 0 Å². The Hall–Kier alpha value is -2.33. The number of benzene rings is 2. The van der Waals surface area contributed by atoms with Crippen molar-refractivity contribution in [3.8, 4) is 11.5 Å². The lowest BCUT2D eigenvalue weighted by Gasteiger charge is -2.29. The lowest BCUT2D eigenvalue weighted by molar-refractivity contribution is -0.906. The van der Waals surface area contributed by atoms with Crippen molar-refractivity contribution in [1.82, 2.24) is 0 Å². The molecule has 0 spiro atoms. The second-order valence-electron chi connectivity index (χ2n) is 7.76. The first-order valence-electron chi connectivity index (χ1n) is 10.3. The number of methoxy groups -OCH3 is 1. The molecule has 0 atom stereocenters. The molecule has 1 saturated heterocycles. The largest absolute Gasteiger partial charge is 0.493 e. The van der Waals surface area contributed by atoms with Gasteiger partial charge >= 0.3 is 0 Å². The number of likely N-dealkylation sites (tertiary alicyclic amines) is 1. The van der Waals surface area contributed by atoms with Gasteiger partial charge < -0.3 is 14.4 Å². The van der Waals surface area contributed by atoms with E-state index in [1.165, 1.54) is 37.9 Å². The van der Waals surface area contributed by atoms with Crippen LogP contribution in [0.5, 0.6) is 11.5 Å². The van der Waals surface area contributed by atoms with Crippen molar-refractivity contribution in [2.75, 3.05) is 33.4 Å². The molecule has 4 heteroatoms. The normalized spacial score (nSPS) is 19.2. The molecule has 0 amide bonds. The number of hydrogen-bond donors (Lipinski definition) is 1. The van der Waals surface area contributed by atoms with Crippen LogP contribution >= 0.6 is 0 Å². The predicted molar refractivity (Wildman–Crippen MR) is 112 cm³/mol. The molecule has 1 fully saturated rings. The summed E-state index contributed by atoms with van der Waals surface area (Å²) in [7, 11) is 1.61. The Labute approximate surface area is 168 Å². The molecule has 0 aromatic heterocycles. The molecule has 1 N–H and O–H groups in total. The number of ketones is 1. The number of rotatable bonds is 9. The number of carbonyl (C=O) groups is 1. The third-order valence-corrected chi connectivity index (χ3v) is 5.68. The fraction of sp³-hybridized carbons (Fsp3) is 0.458. The molecule has 2 aromatic rings. The maximum Gasteiger partial charge on any atom is 0.161 e. The molecule has 0 unspecified atom stereocenters. The zero-order chi connectivity index (χ0) is 19.8. The van der Waals surface area contributed by atoms with E-state index in [2.05, 4.69) is 30.3 Å². The zero-order valence-corrected chi connectivity index (χ0v) is 17.1. The molecule has 2 aromatic carbocycles. The molecular weight excluding hydrogens is 350 g/mol. The number of piperidine rings is 1. The Kier molecular flexibility index (Phi) is 7.49. The lowest BCUT2D eigenvalue weighted by Crippen LogP contribution is -3.13. The van der Waals surface area contributed by atoms with Gasteiger partial charge in [0.15, 0.2) is 17.3 Å². The van der Waals surface area contributed by atoms with Crippen LogP contribution in [0.3, 0.4) is 0 Å². The monoisotopic (exact) mass is 382 g/mol. The minimum absolute atomic E-state index is 0.0316. The van der Waals surface area contributed by atoms with Crippen molar-refractivity contribution >= 4 is 5.78 Å². The first-order chi connectivity index (χ1) is 13.7. The van der Waals surface area contributed by atoms with E-state index in [0.717, 1.165) is 18.9 Å². The van der Waals surface area contributed by atoms with E-state index in [1.54, 1.807) is 31.1 Å². The van der Waals surface area contributed by atoms with Gasteiger partial charge in [-0.25, -0.2) is 0 Å². The van der Waals surface area contributed by atoms with E-state index >= 15 is 0 Å². The third kappa shape index (κ3) is 5.83. The number of quaternary nitrogens is 1. The molecule has 1 heterocycles. The first-order valence-corrected chi connectivity index (χ1v) is 10.3. The van der Waals surface area contributed by atoms with E-state index < -0.39 is 0 Å². The average molecular weight is 383 g/mol. The quantitative estimate of drug-likeness (QED) is 0.535. The SMILES string of the molecule is COc1cc(C(C)=O)ccc1OCCC[NH+]1CCC(Cc2ccccc2)CC1. The second-order valence-corrected chi connectivity index (χ2v) is 7.76. The van der Waals surface area contributed by atoms with Crippen molar-refractivity contribution in [3.63, 3.8) is 0 Å². The van der Waals surface area contributed by atoms with Gasteiger partial charge in [-0.2, -0.15) is 0 Å². The van der Waals surface area contributed by atoms with E-state index in [9.17, 15) is 4.79 Å². The molecule has 0 radical (unpaired) electrons. The van der Waals surface area contributed by atoms with Crippen LogP contribution < -0.4 is 14.4 Å². The molecular formula is C24H32NO3+. The summed E-state index contributed by atoms with van der Waals surface area (Å²) >= 11 is 0. The maximum atomic E-state index is 11.5. The van der Waals surface area contributed by atoms with Gasteiger partial charge in [0.05, 0.1) is 33.4 Å². The lowest BCUT2D eigenvalue weighted by atomic mass is 9.90. The summed E-state index contributed by atoms with van der Waals surface area (Å²) in [6.45, 7) is 5.89. The Morgan fingerprint density at radius 1 is 1.07 bits per heavy atom. The molecule has 4 nitrogen and oxygen atoms in total. The van der Waals surface area contributed by atoms with Gasteiger partial charge in [0.2, 0.25) is 0 Å². The predicted octanol–water partition coefficient (Wildman–Crippen LogP) is 3.20. The molecule has 0 aliphatic carbocycles. The molecule has 1 aliphatic rings. The van der Waals surface area contributed by atoms with Crippen molar-refractivity contribution in [2.45, 2.75) is 32.6 Å². The molecule has 3 rings (SSSR count). The van der Waals surface area contributed by atoms with E-state index in [-0.39, 0.29) is 5.78 Å². The molecule has 28 heavy (non-hydrogen) atoms. The van der Waals surface area contributed by atoms with Crippen LogP contribution in [0.2, 0.25) is 0 Å². The standard InChI is InChI=1S/C24H31NO3/c1-19(26)22-9-10-23(24(18-22)27-2)28-16-6-13-25-14-11-21(12-15-25)17-20-7-4-3-5-8-20/h3-5,7-10,18,21H,6,11-17H2,1-2H3/p+1. The van der Waals surface area contributed by atoms with Gasteiger partial charge in [0, 0.05) is 12.0 Å². The Balaban J connectivity index is 1.37. The molecule has 1 aliphatic heterocycles. The summed E-state index contributed by atoms with van der Waals surface area (Å²) in [6.07, 6.45) is 4.86. The second kappa shape index (κ2) is 10.3. The van der Waals surface area contributed by atoms with Crippen LogP contribution in [-0.4, -0.2) is 39.1 Å². The summed E-state index contributed by atoms with van der Waals surface area (Å²) in [5.41, 5.74) is 2.11. The minimum Gasteiger partial charge on any atom is -0.493 e. The molecule has 0 bridgehead atoms. The average Bonchev–Trinajstić information content (AvgIpc) is 2.73. The van der Waals surface area contributed by atoms with E-state index in [4.69, 9.17) is 9.47 Å². The van der Waals surface area contributed by atoms with E-state index in [1.807, 2.05) is 6.07 Å². The molecule has 150 valence electrons. The Bertz CT molecular complexity index is 752. The number of ether oxygens (including phenoxy) is 2. The summed E-state index contributed by atoms with van der Waals surface area (Å²) in [5.74, 6) is 2.20. The number of carbonyl (C=O) groups excluding carboxylic acids is 1.